The molecule has 2 atom stereocenters. The van der Waals surface area contributed by atoms with E-state index >= 15 is 0 Å². The predicted molar refractivity (Wildman–Crippen MR) is 132 cm³/mol. The van der Waals surface area contributed by atoms with Crippen LogP contribution in [0.15, 0.2) is 54.9 Å². The minimum atomic E-state index is -0.676. The van der Waals surface area contributed by atoms with Crippen molar-refractivity contribution in [1.29, 1.82) is 0 Å². The fourth-order valence-corrected chi connectivity index (χ4v) is 5.26. The summed E-state index contributed by atoms with van der Waals surface area (Å²) in [5.41, 5.74) is 8.60. The van der Waals surface area contributed by atoms with Gasteiger partial charge in [-0.15, -0.1) is 0 Å². The molecule has 1 aliphatic heterocycles. The van der Waals surface area contributed by atoms with Gasteiger partial charge in [0.2, 0.25) is 5.88 Å². The van der Waals surface area contributed by atoms with Gasteiger partial charge in [0.15, 0.2) is 0 Å². The van der Waals surface area contributed by atoms with Crippen LogP contribution in [0.4, 0.5) is 5.82 Å². The van der Waals surface area contributed by atoms with E-state index in [1.807, 2.05) is 24.3 Å². The Morgan fingerprint density at radius 1 is 0.912 bits per heavy atom. The lowest BCUT2D eigenvalue weighted by atomic mass is 9.76. The highest BCUT2D eigenvalue weighted by Crippen LogP contribution is 2.54. The zero-order chi connectivity index (χ0) is 23.7. The number of nitrogens with zero attached hydrogens (tertiary/aromatic N) is 2. The smallest absolute Gasteiger partial charge is 0.223 e. The lowest BCUT2D eigenvalue weighted by molar-refractivity contribution is 0.0941. The molecule has 178 valence electrons. The SMILES string of the molecule is COc1ccc(C2c3c(NC4CCC(N)CC4)ncnc3OC2(C)c2ccc(OC)cc2)cc1. The van der Waals surface area contributed by atoms with Crippen LogP contribution in [0.3, 0.4) is 0 Å². The molecule has 5 rings (SSSR count). The third-order valence-corrected chi connectivity index (χ3v) is 7.22. The molecule has 0 amide bonds. The summed E-state index contributed by atoms with van der Waals surface area (Å²) in [4.78, 5) is 9.23. The van der Waals surface area contributed by atoms with Crippen molar-refractivity contribution >= 4 is 5.82 Å². The summed E-state index contributed by atoms with van der Waals surface area (Å²) in [6, 6.07) is 16.9. The summed E-state index contributed by atoms with van der Waals surface area (Å²) in [6.45, 7) is 2.12. The van der Waals surface area contributed by atoms with E-state index in [-0.39, 0.29) is 5.92 Å². The van der Waals surface area contributed by atoms with Crippen molar-refractivity contribution in [1.82, 2.24) is 9.97 Å². The van der Waals surface area contributed by atoms with Crippen LogP contribution in [0, 0.1) is 0 Å². The van der Waals surface area contributed by atoms with Crippen molar-refractivity contribution < 1.29 is 14.2 Å². The highest BCUT2D eigenvalue weighted by atomic mass is 16.5. The third-order valence-electron chi connectivity index (χ3n) is 7.22. The first-order valence-electron chi connectivity index (χ1n) is 11.9. The number of nitrogens with two attached hydrogens (primary N) is 1. The molecule has 1 aliphatic carbocycles. The number of ether oxygens (including phenoxy) is 3. The second-order valence-electron chi connectivity index (χ2n) is 9.34. The molecule has 1 saturated carbocycles. The van der Waals surface area contributed by atoms with Crippen LogP contribution in [0.2, 0.25) is 0 Å². The Morgan fingerprint density at radius 3 is 2.15 bits per heavy atom. The summed E-state index contributed by atoms with van der Waals surface area (Å²) in [5.74, 6) is 2.96. The molecule has 0 saturated heterocycles. The molecule has 3 N–H and O–H groups in total. The van der Waals surface area contributed by atoms with Gasteiger partial charge in [0.05, 0.1) is 25.7 Å². The van der Waals surface area contributed by atoms with Gasteiger partial charge in [0, 0.05) is 12.1 Å². The van der Waals surface area contributed by atoms with E-state index in [9.17, 15) is 0 Å². The quantitative estimate of drug-likeness (QED) is 0.555. The lowest BCUT2D eigenvalue weighted by Crippen LogP contribution is -2.34. The Hall–Kier alpha value is -3.32. The minimum Gasteiger partial charge on any atom is -0.497 e. The van der Waals surface area contributed by atoms with Crippen LogP contribution >= 0.6 is 0 Å². The van der Waals surface area contributed by atoms with Crippen LogP contribution < -0.4 is 25.3 Å². The van der Waals surface area contributed by atoms with Crippen molar-refractivity contribution in [3.8, 4) is 17.4 Å². The molecule has 2 aliphatic rings. The van der Waals surface area contributed by atoms with Crippen LogP contribution in [-0.2, 0) is 5.60 Å². The zero-order valence-corrected chi connectivity index (χ0v) is 20.0. The average molecular weight is 461 g/mol. The van der Waals surface area contributed by atoms with Crippen LogP contribution in [0.5, 0.6) is 17.4 Å². The Balaban J connectivity index is 1.58. The summed E-state index contributed by atoms with van der Waals surface area (Å²) < 4.78 is 17.4. The molecule has 2 aromatic carbocycles. The molecular formula is C27H32N4O3. The first-order chi connectivity index (χ1) is 16.5. The minimum absolute atomic E-state index is 0.114. The first kappa shape index (κ1) is 22.5. The number of anilines is 1. The molecule has 3 aromatic rings. The van der Waals surface area contributed by atoms with Gasteiger partial charge < -0.3 is 25.3 Å². The van der Waals surface area contributed by atoms with Gasteiger partial charge in [-0.05, 0) is 68.0 Å². The molecule has 1 aromatic heterocycles. The molecule has 2 unspecified atom stereocenters. The number of hydrogen-bond acceptors (Lipinski definition) is 7. The molecule has 0 radical (unpaired) electrons. The highest BCUT2D eigenvalue weighted by molar-refractivity contribution is 5.60. The van der Waals surface area contributed by atoms with Gasteiger partial charge in [-0.1, -0.05) is 24.3 Å². The number of methoxy groups -OCH3 is 2. The maximum absolute atomic E-state index is 6.64. The molecule has 1 fully saturated rings. The van der Waals surface area contributed by atoms with E-state index in [1.54, 1.807) is 20.5 Å². The number of benzene rings is 2. The largest absolute Gasteiger partial charge is 0.497 e. The zero-order valence-electron chi connectivity index (χ0n) is 20.0. The molecule has 0 spiro atoms. The molecule has 7 nitrogen and oxygen atoms in total. The van der Waals surface area contributed by atoms with E-state index < -0.39 is 5.60 Å². The Morgan fingerprint density at radius 2 is 1.53 bits per heavy atom. The number of hydrogen-bond donors (Lipinski definition) is 2. The maximum atomic E-state index is 6.64. The lowest BCUT2D eigenvalue weighted by Gasteiger charge is -2.32. The van der Waals surface area contributed by atoms with Crippen LogP contribution in [-0.4, -0.2) is 36.3 Å². The van der Waals surface area contributed by atoms with Gasteiger partial charge in [-0.25, -0.2) is 9.97 Å². The van der Waals surface area contributed by atoms with Crippen molar-refractivity contribution in [2.24, 2.45) is 5.73 Å². The molecule has 7 heteroatoms. The Bertz CT molecular complexity index is 1130. The Kier molecular flexibility index (Phi) is 6.04. The number of rotatable bonds is 6. The maximum Gasteiger partial charge on any atom is 0.223 e. The normalized spacial score (nSPS) is 25.8. The monoisotopic (exact) mass is 460 g/mol. The summed E-state index contributed by atoms with van der Waals surface area (Å²) in [5, 5.41) is 3.70. The van der Waals surface area contributed by atoms with Gasteiger partial charge in [0.1, 0.15) is 29.2 Å². The van der Waals surface area contributed by atoms with Crippen LogP contribution in [0.25, 0.3) is 0 Å². The van der Waals surface area contributed by atoms with E-state index in [0.29, 0.717) is 18.0 Å². The van der Waals surface area contributed by atoms with Crippen molar-refractivity contribution in [3.05, 3.63) is 71.5 Å². The molecule has 0 bridgehead atoms. The van der Waals surface area contributed by atoms with E-state index in [4.69, 9.17) is 19.9 Å². The fraction of sp³-hybridized carbons (Fsp3) is 0.407. The standard InChI is InChI=1S/C27H32N4O3/c1-27(18-6-14-22(33-3)15-7-18)24(17-4-12-21(32-2)13-5-17)23-25(29-16-30-26(23)34-27)31-20-10-8-19(28)9-11-20/h4-7,12-16,19-20,24H,8-11,28H2,1-3H3,(H,29,30,31). The van der Waals surface area contributed by atoms with Gasteiger partial charge >= 0.3 is 0 Å². The summed E-state index contributed by atoms with van der Waals surface area (Å²) in [7, 11) is 3.35. The van der Waals surface area contributed by atoms with Gasteiger partial charge in [-0.2, -0.15) is 0 Å². The Labute approximate surface area is 200 Å². The first-order valence-corrected chi connectivity index (χ1v) is 11.9. The predicted octanol–water partition coefficient (Wildman–Crippen LogP) is 4.62. The summed E-state index contributed by atoms with van der Waals surface area (Å²) in [6.07, 6.45) is 5.69. The number of fused-ring (bicyclic) bond motifs is 1. The highest BCUT2D eigenvalue weighted by Gasteiger charge is 2.50. The van der Waals surface area contributed by atoms with E-state index in [1.165, 1.54) is 0 Å². The number of aromatic nitrogens is 2. The molecule has 34 heavy (non-hydrogen) atoms. The fourth-order valence-electron chi connectivity index (χ4n) is 5.26. The third kappa shape index (κ3) is 4.05. The molecule has 2 heterocycles. The second-order valence-corrected chi connectivity index (χ2v) is 9.34. The van der Waals surface area contributed by atoms with Crippen molar-refractivity contribution in [2.75, 3.05) is 19.5 Å². The molecular weight excluding hydrogens is 428 g/mol. The van der Waals surface area contributed by atoms with Crippen molar-refractivity contribution in [3.63, 3.8) is 0 Å². The van der Waals surface area contributed by atoms with Crippen LogP contribution in [0.1, 0.15) is 55.2 Å². The topological polar surface area (TPSA) is 91.5 Å². The van der Waals surface area contributed by atoms with E-state index in [2.05, 4.69) is 46.5 Å². The number of nitrogens with one attached hydrogen (secondary N) is 1. The van der Waals surface area contributed by atoms with Crippen molar-refractivity contribution in [2.45, 2.75) is 56.2 Å². The summed E-state index contributed by atoms with van der Waals surface area (Å²) >= 11 is 0. The van der Waals surface area contributed by atoms with Gasteiger partial charge in [-0.3, -0.25) is 0 Å². The van der Waals surface area contributed by atoms with E-state index in [0.717, 1.165) is 59.7 Å². The van der Waals surface area contributed by atoms with Gasteiger partial charge in [0.25, 0.3) is 0 Å². The second kappa shape index (κ2) is 9.14. The average Bonchev–Trinajstić information content (AvgIpc) is 3.19.